The number of H-pyrrole nitrogens is 1. The number of amides is 1. The number of anilines is 1. The van der Waals surface area contributed by atoms with Crippen LogP contribution in [0, 0.1) is 11.3 Å². The Hall–Kier alpha value is -2.33. The number of hydrogen-bond donors (Lipinski definition) is 2. The van der Waals surface area contributed by atoms with Gasteiger partial charge in [-0.05, 0) is 19.1 Å². The third-order valence-corrected chi connectivity index (χ3v) is 3.76. The fourth-order valence-electron chi connectivity index (χ4n) is 1.62. The predicted molar refractivity (Wildman–Crippen MR) is 80.9 cm³/mol. The number of benzene rings is 1. The van der Waals surface area contributed by atoms with Gasteiger partial charge in [0.1, 0.15) is 11.9 Å². The topological polar surface area (TPSA) is 94.5 Å². The summed E-state index contributed by atoms with van der Waals surface area (Å²) in [6.07, 6.45) is 0.768. The summed E-state index contributed by atoms with van der Waals surface area (Å²) in [6.45, 7) is 3.75. The lowest BCUT2D eigenvalue weighted by Crippen LogP contribution is -2.23. The van der Waals surface area contributed by atoms with E-state index in [1.807, 2.05) is 13.0 Å². The minimum atomic E-state index is -0.364. The van der Waals surface area contributed by atoms with Crippen molar-refractivity contribution < 1.29 is 4.79 Å². The maximum absolute atomic E-state index is 12.2. The molecule has 6 nitrogen and oxygen atoms in total. The summed E-state index contributed by atoms with van der Waals surface area (Å²) in [4.78, 5) is 16.4. The van der Waals surface area contributed by atoms with Crippen LogP contribution in [0.5, 0.6) is 0 Å². The van der Waals surface area contributed by atoms with Crippen LogP contribution >= 0.6 is 11.8 Å². The highest BCUT2D eigenvalue weighted by molar-refractivity contribution is 8.00. The van der Waals surface area contributed by atoms with E-state index >= 15 is 0 Å². The van der Waals surface area contributed by atoms with E-state index in [1.165, 1.54) is 11.8 Å². The van der Waals surface area contributed by atoms with Gasteiger partial charge in [-0.2, -0.15) is 5.26 Å². The number of nitriles is 1. The standard InChI is InChI=1S/C14H15N5OS/c1-3-12-17-14(19-18-12)21-9(2)13(20)16-11-7-5-4-6-10(11)8-15/h4-7,9H,3H2,1-2H3,(H,16,20)(H,17,18,19). The van der Waals surface area contributed by atoms with Crippen LogP contribution in [0.15, 0.2) is 29.4 Å². The molecule has 21 heavy (non-hydrogen) atoms. The number of carbonyl (C=O) groups is 1. The molecule has 0 saturated heterocycles. The summed E-state index contributed by atoms with van der Waals surface area (Å²) in [7, 11) is 0. The molecule has 0 aliphatic rings. The van der Waals surface area contributed by atoms with Crippen molar-refractivity contribution in [2.24, 2.45) is 0 Å². The molecule has 0 radical (unpaired) electrons. The van der Waals surface area contributed by atoms with Crippen LogP contribution in [0.4, 0.5) is 5.69 Å². The van der Waals surface area contributed by atoms with Gasteiger partial charge in [0.2, 0.25) is 11.1 Å². The van der Waals surface area contributed by atoms with Gasteiger partial charge in [-0.1, -0.05) is 30.8 Å². The molecule has 7 heteroatoms. The van der Waals surface area contributed by atoms with Crippen LogP contribution < -0.4 is 5.32 Å². The van der Waals surface area contributed by atoms with Gasteiger partial charge < -0.3 is 5.32 Å². The molecule has 2 rings (SSSR count). The number of aryl methyl sites for hydroxylation is 1. The Kier molecular flexibility index (Phi) is 4.95. The van der Waals surface area contributed by atoms with Crippen molar-refractivity contribution >= 4 is 23.4 Å². The molecule has 1 atom stereocenters. The number of rotatable bonds is 5. The number of aromatic nitrogens is 3. The molecule has 1 unspecified atom stereocenters. The largest absolute Gasteiger partial charge is 0.324 e. The fourth-order valence-corrected chi connectivity index (χ4v) is 2.37. The van der Waals surface area contributed by atoms with Gasteiger partial charge in [-0.3, -0.25) is 9.89 Å². The van der Waals surface area contributed by atoms with Crippen molar-refractivity contribution in [2.75, 3.05) is 5.32 Å². The van der Waals surface area contributed by atoms with E-state index in [2.05, 4.69) is 20.5 Å². The molecule has 108 valence electrons. The van der Waals surface area contributed by atoms with Crippen molar-refractivity contribution in [3.05, 3.63) is 35.7 Å². The molecular weight excluding hydrogens is 286 g/mol. The number of para-hydroxylation sites is 1. The first-order valence-electron chi connectivity index (χ1n) is 6.52. The summed E-state index contributed by atoms with van der Waals surface area (Å²) in [5.41, 5.74) is 0.955. The zero-order chi connectivity index (χ0) is 15.2. The maximum atomic E-state index is 12.2. The van der Waals surface area contributed by atoms with Gasteiger partial charge in [0.25, 0.3) is 0 Å². The number of thioether (sulfide) groups is 1. The van der Waals surface area contributed by atoms with E-state index in [0.29, 0.717) is 16.4 Å². The minimum Gasteiger partial charge on any atom is -0.324 e. The number of carbonyl (C=O) groups excluding carboxylic acids is 1. The molecule has 1 heterocycles. The first-order chi connectivity index (χ1) is 10.1. The molecular formula is C14H15N5OS. The Labute approximate surface area is 127 Å². The summed E-state index contributed by atoms with van der Waals surface area (Å²) in [5.74, 6) is 0.602. The summed E-state index contributed by atoms with van der Waals surface area (Å²) >= 11 is 1.27. The monoisotopic (exact) mass is 301 g/mol. The highest BCUT2D eigenvalue weighted by Gasteiger charge is 2.18. The van der Waals surface area contributed by atoms with Gasteiger partial charge in [-0.25, -0.2) is 4.98 Å². The van der Waals surface area contributed by atoms with E-state index in [1.54, 1.807) is 31.2 Å². The number of hydrogen-bond acceptors (Lipinski definition) is 5. The molecule has 0 bridgehead atoms. The van der Waals surface area contributed by atoms with E-state index < -0.39 is 0 Å². The van der Waals surface area contributed by atoms with Gasteiger partial charge in [0.05, 0.1) is 16.5 Å². The second-order valence-electron chi connectivity index (χ2n) is 4.32. The van der Waals surface area contributed by atoms with Gasteiger partial charge in [-0.15, -0.1) is 5.10 Å². The first-order valence-corrected chi connectivity index (χ1v) is 7.40. The Morgan fingerprint density at radius 1 is 1.52 bits per heavy atom. The van der Waals surface area contributed by atoms with Gasteiger partial charge >= 0.3 is 0 Å². The quantitative estimate of drug-likeness (QED) is 0.827. The molecule has 0 spiro atoms. The summed E-state index contributed by atoms with van der Waals surface area (Å²) < 4.78 is 0. The summed E-state index contributed by atoms with van der Waals surface area (Å²) in [5, 5.41) is 18.8. The van der Waals surface area contributed by atoms with Crippen LogP contribution in [0.1, 0.15) is 25.2 Å². The van der Waals surface area contributed by atoms with Gasteiger partial charge in [0, 0.05) is 6.42 Å². The zero-order valence-corrected chi connectivity index (χ0v) is 12.6. The predicted octanol–water partition coefficient (Wildman–Crippen LogP) is 2.36. The molecule has 0 saturated carbocycles. The van der Waals surface area contributed by atoms with Crippen LogP contribution in [0.3, 0.4) is 0 Å². The molecule has 1 aromatic heterocycles. The molecule has 0 aliphatic carbocycles. The highest BCUT2D eigenvalue weighted by atomic mass is 32.2. The molecule has 0 aliphatic heterocycles. The maximum Gasteiger partial charge on any atom is 0.237 e. The smallest absolute Gasteiger partial charge is 0.237 e. The molecule has 1 aromatic carbocycles. The highest BCUT2D eigenvalue weighted by Crippen LogP contribution is 2.21. The van der Waals surface area contributed by atoms with E-state index in [4.69, 9.17) is 5.26 Å². The minimum absolute atomic E-state index is 0.189. The number of nitrogens with one attached hydrogen (secondary N) is 2. The number of aromatic amines is 1. The average molecular weight is 301 g/mol. The Morgan fingerprint density at radius 3 is 2.95 bits per heavy atom. The lowest BCUT2D eigenvalue weighted by molar-refractivity contribution is -0.115. The first kappa shape index (κ1) is 15.1. The molecule has 2 N–H and O–H groups in total. The van der Waals surface area contributed by atoms with E-state index in [-0.39, 0.29) is 11.2 Å². The van der Waals surface area contributed by atoms with Gasteiger partial charge in [0.15, 0.2) is 0 Å². The van der Waals surface area contributed by atoms with E-state index in [9.17, 15) is 4.79 Å². The number of nitrogens with zero attached hydrogens (tertiary/aromatic N) is 3. The van der Waals surface area contributed by atoms with Crippen molar-refractivity contribution in [1.82, 2.24) is 15.2 Å². The molecule has 2 aromatic rings. The van der Waals surface area contributed by atoms with Crippen molar-refractivity contribution in [3.63, 3.8) is 0 Å². The van der Waals surface area contributed by atoms with Crippen LogP contribution in [0.25, 0.3) is 0 Å². The average Bonchev–Trinajstić information content (AvgIpc) is 2.95. The SMILES string of the molecule is CCc1nc(SC(C)C(=O)Nc2ccccc2C#N)n[nH]1. The second-order valence-corrected chi connectivity index (χ2v) is 5.63. The van der Waals surface area contributed by atoms with Crippen molar-refractivity contribution in [1.29, 1.82) is 5.26 Å². The van der Waals surface area contributed by atoms with E-state index in [0.717, 1.165) is 12.2 Å². The molecule has 0 fully saturated rings. The lowest BCUT2D eigenvalue weighted by Gasteiger charge is -2.11. The molecule has 1 amide bonds. The summed E-state index contributed by atoms with van der Waals surface area (Å²) in [6, 6.07) is 8.95. The zero-order valence-electron chi connectivity index (χ0n) is 11.8. The third-order valence-electron chi connectivity index (χ3n) is 2.80. The second kappa shape index (κ2) is 6.90. The van der Waals surface area contributed by atoms with Crippen molar-refractivity contribution in [3.8, 4) is 6.07 Å². The Balaban J connectivity index is 2.01. The van der Waals surface area contributed by atoms with Crippen LogP contribution in [-0.4, -0.2) is 26.3 Å². The van der Waals surface area contributed by atoms with Crippen LogP contribution in [-0.2, 0) is 11.2 Å². The lowest BCUT2D eigenvalue weighted by atomic mass is 10.2. The van der Waals surface area contributed by atoms with Crippen LogP contribution in [0.2, 0.25) is 0 Å². The fraction of sp³-hybridized carbons (Fsp3) is 0.286. The Bertz CT molecular complexity index is 676. The Morgan fingerprint density at radius 2 is 2.29 bits per heavy atom. The third kappa shape index (κ3) is 3.83. The normalized spacial score (nSPS) is 11.7. The van der Waals surface area contributed by atoms with Crippen molar-refractivity contribution in [2.45, 2.75) is 30.7 Å².